The lowest BCUT2D eigenvalue weighted by Crippen LogP contribution is -2.60. The molecule has 0 radical (unpaired) electrons. The van der Waals surface area contributed by atoms with Gasteiger partial charge in [0.05, 0.1) is 23.8 Å². The normalized spacial score (nSPS) is 39.7. The third kappa shape index (κ3) is 1.61. The highest BCUT2D eigenvalue weighted by Crippen LogP contribution is 2.57. The molecule has 2 amide bonds. The number of nitrogens with zero attached hydrogens (tertiary/aromatic N) is 2. The van der Waals surface area contributed by atoms with Crippen molar-refractivity contribution < 1.29 is 19.2 Å². The molecule has 0 aliphatic carbocycles. The lowest BCUT2D eigenvalue weighted by atomic mass is 9.68. The number of hydrogen-bond donors (Lipinski definition) is 0. The molecule has 3 saturated heterocycles. The molecule has 5 rings (SSSR count). The van der Waals surface area contributed by atoms with E-state index < -0.39 is 29.7 Å². The van der Waals surface area contributed by atoms with Crippen LogP contribution in [0.4, 0.5) is 0 Å². The number of benzene rings is 1. The molecule has 3 fully saturated rings. The summed E-state index contributed by atoms with van der Waals surface area (Å²) in [5, 5.41) is 0. The van der Waals surface area contributed by atoms with Gasteiger partial charge in [-0.2, -0.15) is 0 Å². The number of rotatable bonds is 2. The second-order valence-electron chi connectivity index (χ2n) is 7.61. The van der Waals surface area contributed by atoms with Gasteiger partial charge in [0.2, 0.25) is 11.8 Å². The third-order valence-corrected chi connectivity index (χ3v) is 6.67. The van der Waals surface area contributed by atoms with E-state index in [1.54, 1.807) is 0 Å². The summed E-state index contributed by atoms with van der Waals surface area (Å²) in [5.41, 5.74) is 2.00. The maximum absolute atomic E-state index is 13.3. The van der Waals surface area contributed by atoms with E-state index in [1.807, 2.05) is 29.2 Å². The molecular weight excluding hydrogens is 332 g/mol. The van der Waals surface area contributed by atoms with Crippen LogP contribution < -0.4 is 0 Å². The molecule has 6 nitrogen and oxygen atoms in total. The molecule has 4 bridgehead atoms. The van der Waals surface area contributed by atoms with Crippen LogP contribution in [0.2, 0.25) is 0 Å². The van der Waals surface area contributed by atoms with Crippen molar-refractivity contribution in [2.24, 2.45) is 17.8 Å². The van der Waals surface area contributed by atoms with Gasteiger partial charge in [0.25, 0.3) is 0 Å². The van der Waals surface area contributed by atoms with E-state index in [-0.39, 0.29) is 29.4 Å². The summed E-state index contributed by atoms with van der Waals surface area (Å²) < 4.78 is 0. The number of allylic oxidation sites excluding steroid dienone is 1. The van der Waals surface area contributed by atoms with Gasteiger partial charge >= 0.3 is 0 Å². The highest BCUT2D eigenvalue weighted by atomic mass is 16.2. The van der Waals surface area contributed by atoms with Gasteiger partial charge in [-0.3, -0.25) is 29.0 Å². The second-order valence-corrected chi connectivity index (χ2v) is 7.61. The van der Waals surface area contributed by atoms with Gasteiger partial charge in [0.15, 0.2) is 11.6 Å². The standard InChI is InChI=1S/C20H18N2O4/c1-3-11(23)13-12-10-7-5-4-6-9(10)8-22-16(12)14-15(17(22)18(13)24)20(26)21(2)19(14)25/h3-7,12-17H,1,8H2,2H3/t12?,13-,14-,15+,16-,17+/m1/s1. The zero-order valence-corrected chi connectivity index (χ0v) is 14.3. The Morgan fingerprint density at radius 2 is 1.81 bits per heavy atom. The molecule has 6 heteroatoms. The molecule has 1 aromatic carbocycles. The second kappa shape index (κ2) is 4.98. The van der Waals surface area contributed by atoms with Crippen molar-refractivity contribution in [2.45, 2.75) is 24.5 Å². The van der Waals surface area contributed by atoms with Crippen LogP contribution >= 0.6 is 0 Å². The number of ketones is 2. The fourth-order valence-electron chi connectivity index (χ4n) is 5.69. The smallest absolute Gasteiger partial charge is 0.234 e. The summed E-state index contributed by atoms with van der Waals surface area (Å²) in [7, 11) is 1.48. The van der Waals surface area contributed by atoms with E-state index in [0.29, 0.717) is 6.54 Å². The minimum atomic E-state index is -0.864. The molecule has 2 unspecified atom stereocenters. The average Bonchev–Trinajstić information content (AvgIpc) is 3.04. The summed E-state index contributed by atoms with van der Waals surface area (Å²) in [4.78, 5) is 54.6. The molecule has 0 aromatic heterocycles. The van der Waals surface area contributed by atoms with Crippen LogP contribution in [0.15, 0.2) is 36.9 Å². The number of amides is 2. The quantitative estimate of drug-likeness (QED) is 0.442. The van der Waals surface area contributed by atoms with Crippen LogP contribution in [-0.2, 0) is 25.7 Å². The van der Waals surface area contributed by atoms with Crippen molar-refractivity contribution in [3.8, 4) is 0 Å². The molecule has 4 heterocycles. The first kappa shape index (κ1) is 15.6. The van der Waals surface area contributed by atoms with Crippen molar-refractivity contribution in [1.82, 2.24) is 9.80 Å². The van der Waals surface area contributed by atoms with Crippen molar-refractivity contribution >= 4 is 23.4 Å². The molecule has 0 spiro atoms. The van der Waals surface area contributed by atoms with Gasteiger partial charge in [-0.05, 0) is 17.2 Å². The lowest BCUT2D eigenvalue weighted by molar-refractivity contribution is -0.149. The number of carbonyl (C=O) groups excluding carboxylic acids is 4. The summed E-state index contributed by atoms with van der Waals surface area (Å²) in [6, 6.07) is 6.75. The summed E-state index contributed by atoms with van der Waals surface area (Å²) in [6.07, 6.45) is 1.19. The molecule has 132 valence electrons. The van der Waals surface area contributed by atoms with Crippen molar-refractivity contribution in [3.63, 3.8) is 0 Å². The number of carbonyl (C=O) groups is 4. The van der Waals surface area contributed by atoms with Crippen LogP contribution in [0.25, 0.3) is 0 Å². The maximum Gasteiger partial charge on any atom is 0.234 e. The molecule has 7 atom stereocenters. The van der Waals surface area contributed by atoms with Crippen LogP contribution in [0.3, 0.4) is 0 Å². The predicted octanol–water partition coefficient (Wildman–Crippen LogP) is 0.522. The Bertz CT molecular complexity index is 907. The highest BCUT2D eigenvalue weighted by Gasteiger charge is 2.70. The Labute approximate surface area is 150 Å². The minimum absolute atomic E-state index is 0.235. The van der Waals surface area contributed by atoms with Crippen LogP contribution in [-0.4, -0.2) is 52.3 Å². The number of piperidine rings is 1. The monoisotopic (exact) mass is 350 g/mol. The van der Waals surface area contributed by atoms with Crippen LogP contribution in [0, 0.1) is 17.8 Å². The van der Waals surface area contributed by atoms with Gasteiger partial charge in [-0.15, -0.1) is 0 Å². The van der Waals surface area contributed by atoms with Gasteiger partial charge in [-0.25, -0.2) is 0 Å². The number of Topliss-reactive ketones (excluding diaryl/α,β-unsaturated/α-hetero) is 1. The number of fused-ring (bicyclic) bond motifs is 4. The zero-order valence-electron chi connectivity index (χ0n) is 14.3. The van der Waals surface area contributed by atoms with Crippen LogP contribution in [0.5, 0.6) is 0 Å². The van der Waals surface area contributed by atoms with E-state index in [1.165, 1.54) is 13.1 Å². The molecule has 4 aliphatic heterocycles. The third-order valence-electron chi connectivity index (χ3n) is 6.67. The Balaban J connectivity index is 1.76. The van der Waals surface area contributed by atoms with Gasteiger partial charge in [0.1, 0.15) is 0 Å². The van der Waals surface area contributed by atoms with Crippen molar-refractivity contribution in [1.29, 1.82) is 0 Å². The first-order valence-corrected chi connectivity index (χ1v) is 8.82. The topological polar surface area (TPSA) is 74.8 Å². The molecule has 0 N–H and O–H groups in total. The first-order chi connectivity index (χ1) is 12.5. The zero-order chi connectivity index (χ0) is 18.3. The fraction of sp³-hybridized carbons (Fsp3) is 0.400. The van der Waals surface area contributed by atoms with E-state index >= 15 is 0 Å². The molecular formula is C20H18N2O4. The number of likely N-dealkylation sites (tertiary alicyclic amines) is 1. The van der Waals surface area contributed by atoms with E-state index in [4.69, 9.17) is 0 Å². The van der Waals surface area contributed by atoms with Crippen molar-refractivity contribution in [3.05, 3.63) is 48.0 Å². The Morgan fingerprint density at radius 1 is 1.12 bits per heavy atom. The molecule has 0 saturated carbocycles. The maximum atomic E-state index is 13.3. The van der Waals surface area contributed by atoms with E-state index in [0.717, 1.165) is 16.0 Å². The van der Waals surface area contributed by atoms with E-state index in [9.17, 15) is 19.2 Å². The average molecular weight is 350 g/mol. The van der Waals surface area contributed by atoms with Gasteiger partial charge in [0, 0.05) is 25.6 Å². The van der Waals surface area contributed by atoms with Gasteiger partial charge < -0.3 is 0 Å². The largest absolute Gasteiger partial charge is 0.297 e. The predicted molar refractivity (Wildman–Crippen MR) is 90.8 cm³/mol. The Hall–Kier alpha value is -2.60. The summed E-state index contributed by atoms with van der Waals surface area (Å²) >= 11 is 0. The van der Waals surface area contributed by atoms with Crippen LogP contribution in [0.1, 0.15) is 17.0 Å². The minimum Gasteiger partial charge on any atom is -0.297 e. The molecule has 4 aliphatic rings. The first-order valence-electron chi connectivity index (χ1n) is 8.82. The Morgan fingerprint density at radius 3 is 2.54 bits per heavy atom. The highest BCUT2D eigenvalue weighted by molar-refractivity contribution is 6.15. The molecule has 1 aromatic rings. The fourth-order valence-corrected chi connectivity index (χ4v) is 5.69. The Kier molecular flexibility index (Phi) is 2.99. The summed E-state index contributed by atoms with van der Waals surface area (Å²) in [5.74, 6) is -3.60. The molecule has 26 heavy (non-hydrogen) atoms. The number of imide groups is 1. The van der Waals surface area contributed by atoms with Crippen molar-refractivity contribution in [2.75, 3.05) is 7.05 Å². The SMILES string of the molecule is C=CC(=O)[C@H]1C(=O)[C@@H]2[C@H]3C(=O)N(C)C(=O)[C@H]3[C@H]3C1c1ccccc1CN23. The van der Waals surface area contributed by atoms with Gasteiger partial charge in [-0.1, -0.05) is 30.8 Å². The number of hydrogen-bond acceptors (Lipinski definition) is 5. The van der Waals surface area contributed by atoms with E-state index in [2.05, 4.69) is 6.58 Å². The summed E-state index contributed by atoms with van der Waals surface area (Å²) in [6.45, 7) is 4.09. The lowest BCUT2D eigenvalue weighted by Gasteiger charge is -2.48.